The van der Waals surface area contributed by atoms with Crippen molar-refractivity contribution in [2.24, 2.45) is 11.8 Å². The van der Waals surface area contributed by atoms with Crippen LogP contribution >= 0.6 is 0 Å². The highest BCUT2D eigenvalue weighted by atomic mass is 16.6. The van der Waals surface area contributed by atoms with Gasteiger partial charge in [0.25, 0.3) is 0 Å². The molecule has 1 atom stereocenters. The number of ether oxygens (including phenoxy) is 2. The van der Waals surface area contributed by atoms with Crippen LogP contribution in [0.5, 0.6) is 5.75 Å². The number of unbranched alkanes of at least 4 members (excludes halogenated alkanes) is 2. The molecule has 0 aliphatic rings. The number of nitrogens with zero attached hydrogens (tertiary/aromatic N) is 5. The summed E-state index contributed by atoms with van der Waals surface area (Å²) in [6.07, 6.45) is 13.5. The van der Waals surface area contributed by atoms with Gasteiger partial charge in [0.1, 0.15) is 11.4 Å². The summed E-state index contributed by atoms with van der Waals surface area (Å²) >= 11 is 0. The number of hydrogen-bond acceptors (Lipinski definition) is 9. The quantitative estimate of drug-likeness (QED) is 0.0588. The van der Waals surface area contributed by atoms with Crippen LogP contribution in [0.4, 0.5) is 4.79 Å². The van der Waals surface area contributed by atoms with Gasteiger partial charge in [-0.15, -0.1) is 0 Å². The molecule has 0 aliphatic heterocycles. The van der Waals surface area contributed by atoms with E-state index in [1.165, 1.54) is 5.56 Å². The summed E-state index contributed by atoms with van der Waals surface area (Å²) in [5, 5.41) is 5.88. The minimum Gasteiger partial charge on any atom is -0.494 e. The lowest BCUT2D eigenvalue weighted by Crippen LogP contribution is -2.33. The first-order valence-corrected chi connectivity index (χ1v) is 21.4. The molecule has 5 rings (SSSR count). The molecule has 0 aliphatic carbocycles. The number of aromatic nitrogens is 4. The number of amides is 2. The van der Waals surface area contributed by atoms with Crippen LogP contribution in [0.1, 0.15) is 93.7 Å². The van der Waals surface area contributed by atoms with Gasteiger partial charge in [-0.1, -0.05) is 43.7 Å². The first kappa shape index (κ1) is 45.4. The van der Waals surface area contributed by atoms with E-state index in [0.29, 0.717) is 39.3 Å². The molecule has 0 bridgehead atoms. The van der Waals surface area contributed by atoms with Gasteiger partial charge in [-0.05, 0) is 143 Å². The van der Waals surface area contributed by atoms with Crippen molar-refractivity contribution >= 4 is 12.0 Å². The van der Waals surface area contributed by atoms with Crippen LogP contribution in [0, 0.1) is 11.8 Å². The fraction of sp³-hybridized carbons (Fsp3) is 0.429. The molecule has 1 aromatic carbocycles. The summed E-state index contributed by atoms with van der Waals surface area (Å²) in [6, 6.07) is 30.9. The van der Waals surface area contributed by atoms with Gasteiger partial charge >= 0.3 is 6.09 Å². The Kier molecular flexibility index (Phi) is 18.5. The Morgan fingerprint density at radius 3 is 1.72 bits per heavy atom. The molecule has 2 amide bonds. The highest BCUT2D eigenvalue weighted by molar-refractivity contribution is 5.78. The molecule has 0 fully saturated rings. The second-order valence-corrected chi connectivity index (χ2v) is 16.6. The van der Waals surface area contributed by atoms with Gasteiger partial charge < -0.3 is 20.1 Å². The molecule has 4 heterocycles. The van der Waals surface area contributed by atoms with Crippen LogP contribution in [-0.4, -0.2) is 62.1 Å². The number of carbonyl (C=O) groups excluding carboxylic acids is 2. The number of carbonyl (C=O) groups is 2. The van der Waals surface area contributed by atoms with Crippen LogP contribution in [0.15, 0.2) is 116 Å². The van der Waals surface area contributed by atoms with E-state index in [1.807, 2.05) is 101 Å². The van der Waals surface area contributed by atoms with Crippen molar-refractivity contribution in [3.05, 3.63) is 150 Å². The number of alkyl carbamates (subject to hydrolysis) is 1. The molecule has 0 spiro atoms. The topological polar surface area (TPSA) is 131 Å². The average Bonchev–Trinajstić information content (AvgIpc) is 3.22. The second kappa shape index (κ2) is 24.4. The predicted octanol–water partition coefficient (Wildman–Crippen LogP) is 8.72. The van der Waals surface area contributed by atoms with Gasteiger partial charge in [-0.3, -0.25) is 29.6 Å². The van der Waals surface area contributed by atoms with E-state index in [2.05, 4.69) is 77.9 Å². The Hall–Kier alpha value is -5.68. The summed E-state index contributed by atoms with van der Waals surface area (Å²) < 4.78 is 11.8. The number of benzene rings is 1. The lowest BCUT2D eigenvalue weighted by atomic mass is 9.89. The number of rotatable bonds is 24. The zero-order valence-corrected chi connectivity index (χ0v) is 35.9. The molecule has 2 N–H and O–H groups in total. The molecule has 11 nitrogen and oxygen atoms in total. The highest BCUT2D eigenvalue weighted by Gasteiger charge is 2.18. The summed E-state index contributed by atoms with van der Waals surface area (Å²) in [5.74, 6) is 1.07. The molecule has 0 saturated carbocycles. The van der Waals surface area contributed by atoms with Crippen LogP contribution in [0.3, 0.4) is 0 Å². The standard InChI is InChI=1S/C49H63N7O4/c1-38(17-5-10-27-55-48(58)60-49(2,3)4)47(57)54-26-15-16-28-59-46-33-39(29-40(31-42-18-6-11-22-50-42)32-43-19-7-12-23-51-43)30-41(34-46)35-56(36-44-20-8-13-24-52-44)37-45-21-9-14-25-53-45/h6-9,11-14,18-25,30,33-34,38,40H,5,10,15-17,26-29,31-32,35-37H2,1-4H3,(H,54,57)(H,55,58)/t38-/m0/s1. The zero-order chi connectivity index (χ0) is 42.4. The van der Waals surface area contributed by atoms with Crippen molar-refractivity contribution < 1.29 is 19.1 Å². The maximum absolute atomic E-state index is 12.8. The zero-order valence-electron chi connectivity index (χ0n) is 35.9. The molecule has 0 radical (unpaired) electrons. The van der Waals surface area contributed by atoms with E-state index >= 15 is 0 Å². The van der Waals surface area contributed by atoms with Crippen LogP contribution in [0.25, 0.3) is 0 Å². The van der Waals surface area contributed by atoms with Gasteiger partial charge in [-0.2, -0.15) is 0 Å². The van der Waals surface area contributed by atoms with E-state index in [9.17, 15) is 9.59 Å². The lowest BCUT2D eigenvalue weighted by Gasteiger charge is -2.23. The Morgan fingerprint density at radius 2 is 1.17 bits per heavy atom. The van der Waals surface area contributed by atoms with E-state index in [0.717, 1.165) is 85.5 Å². The first-order chi connectivity index (χ1) is 29.1. The third-order valence-electron chi connectivity index (χ3n) is 9.95. The normalized spacial score (nSPS) is 12.0. The molecular weight excluding hydrogens is 751 g/mol. The van der Waals surface area contributed by atoms with Crippen molar-refractivity contribution in [1.82, 2.24) is 35.5 Å². The average molecular weight is 814 g/mol. The third kappa shape index (κ3) is 17.7. The van der Waals surface area contributed by atoms with E-state index in [1.54, 1.807) is 0 Å². The lowest BCUT2D eigenvalue weighted by molar-refractivity contribution is -0.124. The smallest absolute Gasteiger partial charge is 0.407 e. The van der Waals surface area contributed by atoms with Gasteiger partial charge in [0.05, 0.1) is 18.0 Å². The van der Waals surface area contributed by atoms with Gasteiger partial charge in [0, 0.05) is 74.8 Å². The Balaban J connectivity index is 1.21. The van der Waals surface area contributed by atoms with Crippen molar-refractivity contribution in [3.63, 3.8) is 0 Å². The van der Waals surface area contributed by atoms with Gasteiger partial charge in [0.2, 0.25) is 5.91 Å². The fourth-order valence-electron chi connectivity index (χ4n) is 7.08. The van der Waals surface area contributed by atoms with Crippen molar-refractivity contribution in [2.45, 2.75) is 104 Å². The summed E-state index contributed by atoms with van der Waals surface area (Å²) in [4.78, 5) is 45.6. The molecule has 4 aromatic heterocycles. The predicted molar refractivity (Wildman–Crippen MR) is 236 cm³/mol. The molecule has 0 unspecified atom stereocenters. The maximum atomic E-state index is 12.8. The minimum absolute atomic E-state index is 0.0558. The Labute approximate surface area is 356 Å². The number of hydrogen-bond donors (Lipinski definition) is 2. The molecule has 60 heavy (non-hydrogen) atoms. The van der Waals surface area contributed by atoms with Crippen LogP contribution in [0.2, 0.25) is 0 Å². The number of pyridine rings is 4. The maximum Gasteiger partial charge on any atom is 0.407 e. The van der Waals surface area contributed by atoms with Crippen molar-refractivity contribution in [3.8, 4) is 5.75 Å². The van der Waals surface area contributed by atoms with Crippen molar-refractivity contribution in [2.75, 3.05) is 19.7 Å². The SMILES string of the molecule is C[C@@H](CCCCNC(=O)OC(C)(C)C)C(=O)NCCCCOc1cc(CC(Cc2ccccn2)Cc2ccccn2)cc(CN(Cc2ccccn2)Cc2ccccn2)c1. The highest BCUT2D eigenvalue weighted by Crippen LogP contribution is 2.25. The van der Waals surface area contributed by atoms with E-state index in [4.69, 9.17) is 9.47 Å². The van der Waals surface area contributed by atoms with Gasteiger partial charge in [-0.25, -0.2) is 4.79 Å². The largest absolute Gasteiger partial charge is 0.494 e. The third-order valence-corrected chi connectivity index (χ3v) is 9.95. The fourth-order valence-corrected chi connectivity index (χ4v) is 7.08. The summed E-state index contributed by atoms with van der Waals surface area (Å²) in [5.41, 5.74) is 5.98. The summed E-state index contributed by atoms with van der Waals surface area (Å²) in [6.45, 7) is 11.2. The van der Waals surface area contributed by atoms with E-state index in [-0.39, 0.29) is 17.7 Å². The molecule has 5 aromatic rings. The first-order valence-electron chi connectivity index (χ1n) is 21.4. The van der Waals surface area contributed by atoms with Crippen molar-refractivity contribution in [1.29, 1.82) is 0 Å². The van der Waals surface area contributed by atoms with Gasteiger partial charge in [0.15, 0.2) is 0 Å². The van der Waals surface area contributed by atoms with E-state index < -0.39 is 11.7 Å². The number of nitrogens with one attached hydrogen (secondary N) is 2. The molecule has 318 valence electrons. The van der Waals surface area contributed by atoms with Crippen LogP contribution < -0.4 is 15.4 Å². The Bertz CT molecular complexity index is 1790. The Morgan fingerprint density at radius 1 is 0.633 bits per heavy atom. The summed E-state index contributed by atoms with van der Waals surface area (Å²) in [7, 11) is 0. The van der Waals surface area contributed by atoms with Crippen LogP contribution in [-0.2, 0) is 48.4 Å². The molecular formula is C49H63N7O4. The second-order valence-electron chi connectivity index (χ2n) is 16.6. The minimum atomic E-state index is -0.520. The molecule has 11 heteroatoms. The molecule has 0 saturated heterocycles. The monoisotopic (exact) mass is 813 g/mol.